The van der Waals surface area contributed by atoms with E-state index in [2.05, 4.69) is 10.4 Å². The molecule has 0 bridgehead atoms. The first-order valence-electron chi connectivity index (χ1n) is 4.74. The van der Waals surface area contributed by atoms with E-state index in [1.807, 2.05) is 18.2 Å². The van der Waals surface area contributed by atoms with Gasteiger partial charge in [0.15, 0.2) is 5.11 Å². The molecule has 0 atom stereocenters. The maximum atomic E-state index is 11.6. The van der Waals surface area contributed by atoms with Crippen LogP contribution in [-0.2, 0) is 0 Å². The molecule has 0 aromatic heterocycles. The highest BCUT2D eigenvalue weighted by Gasteiger charge is 2.02. The average molecular weight is 235 g/mol. The van der Waals surface area contributed by atoms with Crippen molar-refractivity contribution < 1.29 is 4.79 Å². The molecule has 4 nitrogen and oxygen atoms in total. The quantitative estimate of drug-likeness (QED) is 0.371. The molecule has 1 N–H and O–H groups in total. The molecule has 0 aliphatic carbocycles. The van der Waals surface area contributed by atoms with Crippen LogP contribution in [0, 0.1) is 0 Å². The van der Waals surface area contributed by atoms with Gasteiger partial charge in [0.1, 0.15) is 0 Å². The Kier molecular flexibility index (Phi) is 4.60. The first kappa shape index (κ1) is 12.3. The van der Waals surface area contributed by atoms with Crippen LogP contribution in [-0.4, -0.2) is 36.2 Å². The summed E-state index contributed by atoms with van der Waals surface area (Å²) in [6, 6.07) is 8.96. The normalized spacial score (nSPS) is 10.1. The lowest BCUT2D eigenvalue weighted by atomic mass is 10.1. The summed E-state index contributed by atoms with van der Waals surface area (Å²) in [4.78, 5) is 11.6. The summed E-state index contributed by atoms with van der Waals surface area (Å²) in [5.41, 5.74) is 0.607. The topological polar surface area (TPSA) is 44.7 Å². The molecule has 16 heavy (non-hydrogen) atoms. The molecular formula is C11H13N3OS. The zero-order valence-corrected chi connectivity index (χ0v) is 9.99. The number of nitrogens with zero attached hydrogens (tertiary/aromatic N) is 2. The van der Waals surface area contributed by atoms with E-state index >= 15 is 0 Å². The number of ketones is 1. The van der Waals surface area contributed by atoms with E-state index in [9.17, 15) is 4.79 Å². The highest BCUT2D eigenvalue weighted by Crippen LogP contribution is 1.98. The van der Waals surface area contributed by atoms with Crippen molar-refractivity contribution in [3.8, 4) is 0 Å². The van der Waals surface area contributed by atoms with Crippen LogP contribution < -0.4 is 5.32 Å². The van der Waals surface area contributed by atoms with Crippen LogP contribution in [0.5, 0.6) is 0 Å². The summed E-state index contributed by atoms with van der Waals surface area (Å²) >= 11 is 4.94. The molecule has 0 fully saturated rings. The Hall–Kier alpha value is -1.75. The standard InChI is InChI=1S/C11H13N3OS/c1-12-11(16)14(2)13-8-10(15)9-6-4-3-5-7-9/h3-8H,1-2H3,(H,12,16). The van der Waals surface area contributed by atoms with Gasteiger partial charge in [-0.3, -0.25) is 4.79 Å². The Morgan fingerprint density at radius 3 is 2.62 bits per heavy atom. The fraction of sp³-hybridized carbons (Fsp3) is 0.182. The summed E-state index contributed by atoms with van der Waals surface area (Å²) in [7, 11) is 3.38. The van der Waals surface area contributed by atoms with Gasteiger partial charge >= 0.3 is 0 Å². The van der Waals surface area contributed by atoms with Crippen LogP contribution in [0.25, 0.3) is 0 Å². The molecule has 0 amide bonds. The highest BCUT2D eigenvalue weighted by molar-refractivity contribution is 7.80. The average Bonchev–Trinajstić information content (AvgIpc) is 2.35. The molecule has 1 rings (SSSR count). The fourth-order valence-corrected chi connectivity index (χ4v) is 1.08. The van der Waals surface area contributed by atoms with Crippen molar-refractivity contribution in [2.75, 3.05) is 14.1 Å². The number of carbonyl (C=O) groups excluding carboxylic acids is 1. The first-order chi connectivity index (χ1) is 7.65. The largest absolute Gasteiger partial charge is 0.364 e. The van der Waals surface area contributed by atoms with Gasteiger partial charge in [-0.05, 0) is 12.2 Å². The van der Waals surface area contributed by atoms with Crippen LogP contribution >= 0.6 is 12.2 Å². The van der Waals surface area contributed by atoms with Crippen molar-refractivity contribution in [1.29, 1.82) is 0 Å². The Balaban J connectivity index is 2.65. The minimum Gasteiger partial charge on any atom is -0.364 e. The van der Waals surface area contributed by atoms with Crippen LogP contribution in [0.4, 0.5) is 0 Å². The molecule has 0 aliphatic rings. The van der Waals surface area contributed by atoms with Gasteiger partial charge in [0.2, 0.25) is 5.78 Å². The SMILES string of the molecule is CNC(=S)N(C)N=CC(=O)c1ccccc1. The number of benzene rings is 1. The van der Waals surface area contributed by atoms with Gasteiger partial charge in [-0.2, -0.15) is 5.10 Å². The van der Waals surface area contributed by atoms with Gasteiger partial charge in [0, 0.05) is 19.7 Å². The minimum absolute atomic E-state index is 0.147. The van der Waals surface area contributed by atoms with Crippen LogP contribution in [0.3, 0.4) is 0 Å². The molecule has 1 aromatic rings. The van der Waals surface area contributed by atoms with Crippen molar-refractivity contribution in [3.63, 3.8) is 0 Å². The van der Waals surface area contributed by atoms with Crippen LogP contribution in [0.1, 0.15) is 10.4 Å². The molecular weight excluding hydrogens is 222 g/mol. The number of nitrogens with one attached hydrogen (secondary N) is 1. The van der Waals surface area contributed by atoms with E-state index in [4.69, 9.17) is 12.2 Å². The predicted octanol–water partition coefficient (Wildman–Crippen LogP) is 1.29. The number of hydrazone groups is 1. The second-order valence-electron chi connectivity index (χ2n) is 3.05. The Morgan fingerprint density at radius 1 is 1.44 bits per heavy atom. The minimum atomic E-state index is -0.147. The van der Waals surface area contributed by atoms with E-state index < -0.39 is 0 Å². The lowest BCUT2D eigenvalue weighted by Crippen LogP contribution is -2.31. The smallest absolute Gasteiger partial charge is 0.205 e. The van der Waals surface area contributed by atoms with Crippen LogP contribution in [0.15, 0.2) is 35.4 Å². The van der Waals surface area contributed by atoms with E-state index in [1.54, 1.807) is 26.2 Å². The third-order valence-corrected chi connectivity index (χ3v) is 2.38. The molecule has 84 valence electrons. The van der Waals surface area contributed by atoms with Crippen LogP contribution in [0.2, 0.25) is 0 Å². The third-order valence-electron chi connectivity index (χ3n) is 1.91. The van der Waals surface area contributed by atoms with E-state index in [-0.39, 0.29) is 5.78 Å². The first-order valence-corrected chi connectivity index (χ1v) is 5.14. The highest BCUT2D eigenvalue weighted by atomic mass is 32.1. The molecule has 0 spiro atoms. The van der Waals surface area contributed by atoms with Gasteiger partial charge in [-0.1, -0.05) is 30.3 Å². The summed E-state index contributed by atoms with van der Waals surface area (Å²) < 4.78 is 0. The molecule has 5 heteroatoms. The molecule has 0 aliphatic heterocycles. The second-order valence-corrected chi connectivity index (χ2v) is 3.44. The Bertz CT molecular complexity index is 403. The lowest BCUT2D eigenvalue weighted by Gasteiger charge is -2.12. The number of carbonyl (C=O) groups is 1. The van der Waals surface area contributed by atoms with Gasteiger partial charge in [0.25, 0.3) is 0 Å². The molecule has 0 radical (unpaired) electrons. The summed E-state index contributed by atoms with van der Waals surface area (Å²) in [5, 5.41) is 8.57. The van der Waals surface area contributed by atoms with Gasteiger partial charge in [-0.25, -0.2) is 5.01 Å². The third kappa shape index (κ3) is 3.43. The number of hydrogen-bond acceptors (Lipinski definition) is 3. The zero-order chi connectivity index (χ0) is 12.0. The fourth-order valence-electron chi connectivity index (χ4n) is 1.03. The summed E-state index contributed by atoms with van der Waals surface area (Å²) in [6.45, 7) is 0. The Labute approximate surface area is 100.0 Å². The molecule has 0 saturated carbocycles. The van der Waals surface area contributed by atoms with Gasteiger partial charge in [0.05, 0.1) is 6.21 Å². The second kappa shape index (κ2) is 5.97. The van der Waals surface area contributed by atoms with Gasteiger partial charge in [-0.15, -0.1) is 0 Å². The van der Waals surface area contributed by atoms with Crippen molar-refractivity contribution in [1.82, 2.24) is 10.3 Å². The molecule has 0 unspecified atom stereocenters. The summed E-state index contributed by atoms with van der Waals surface area (Å²) in [5.74, 6) is -0.147. The number of Topliss-reactive ketones (excluding diaryl/α,β-unsaturated/α-hetero) is 1. The van der Waals surface area contributed by atoms with E-state index in [1.165, 1.54) is 11.2 Å². The summed E-state index contributed by atoms with van der Waals surface area (Å²) in [6.07, 6.45) is 1.25. The lowest BCUT2D eigenvalue weighted by molar-refractivity contribution is 0.106. The monoisotopic (exact) mass is 235 g/mol. The number of thiocarbonyl (C=S) groups is 1. The van der Waals surface area contributed by atoms with Crippen molar-refractivity contribution in [2.24, 2.45) is 5.10 Å². The van der Waals surface area contributed by atoms with Crippen molar-refractivity contribution in [2.45, 2.75) is 0 Å². The number of hydrogen-bond donors (Lipinski definition) is 1. The maximum absolute atomic E-state index is 11.6. The van der Waals surface area contributed by atoms with Gasteiger partial charge < -0.3 is 5.32 Å². The molecule has 0 heterocycles. The maximum Gasteiger partial charge on any atom is 0.205 e. The number of rotatable bonds is 3. The molecule has 0 saturated heterocycles. The zero-order valence-electron chi connectivity index (χ0n) is 9.18. The molecule has 1 aromatic carbocycles. The predicted molar refractivity (Wildman–Crippen MR) is 68.7 cm³/mol. The van der Waals surface area contributed by atoms with Crippen molar-refractivity contribution >= 4 is 29.3 Å². The Morgan fingerprint density at radius 2 is 2.06 bits per heavy atom. The van der Waals surface area contributed by atoms with Crippen molar-refractivity contribution in [3.05, 3.63) is 35.9 Å². The van der Waals surface area contributed by atoms with E-state index in [0.717, 1.165) is 0 Å². The van der Waals surface area contributed by atoms with E-state index in [0.29, 0.717) is 10.7 Å².